The highest BCUT2D eigenvalue weighted by Crippen LogP contribution is 2.05. The topological polar surface area (TPSA) is 110 Å². The number of aromatic nitrogens is 2. The first-order valence-electron chi connectivity index (χ1n) is 5.96. The van der Waals surface area contributed by atoms with Gasteiger partial charge >= 0.3 is 0 Å². The Morgan fingerprint density at radius 1 is 1.10 bits per heavy atom. The summed E-state index contributed by atoms with van der Waals surface area (Å²) in [5.74, 6) is 4.73. The van der Waals surface area contributed by atoms with Crippen LogP contribution >= 0.6 is 0 Å². The molecule has 2 aromatic rings. The summed E-state index contributed by atoms with van der Waals surface area (Å²) in [5.41, 5.74) is 3.09. The quantitative estimate of drug-likeness (QED) is 0.382. The maximum absolute atomic E-state index is 11.6. The van der Waals surface area contributed by atoms with E-state index in [0.717, 1.165) is 11.1 Å². The molecule has 0 aliphatic carbocycles. The molecule has 0 unspecified atom stereocenters. The molecule has 2 rings (SSSR count). The number of rotatable bonds is 4. The summed E-state index contributed by atoms with van der Waals surface area (Å²) in [6, 6.07) is 9.53. The van der Waals surface area contributed by atoms with Crippen molar-refractivity contribution >= 4 is 5.91 Å². The van der Waals surface area contributed by atoms with Gasteiger partial charge in [-0.2, -0.15) is 0 Å². The zero-order valence-corrected chi connectivity index (χ0v) is 10.6. The summed E-state index contributed by atoms with van der Waals surface area (Å²) in [4.78, 5) is 33.8. The Kier molecular flexibility index (Phi) is 4.11. The highest BCUT2D eigenvalue weighted by atomic mass is 16.2. The standard InChI is InChI=1S/C13H14N4O3/c14-15-12(19)7-9-1-3-10(4-2-9)8-17-13(20)6-5-11(18)16-17/h1-6H,7-8,14H2,(H,15,19)(H,16,18). The van der Waals surface area contributed by atoms with Crippen LogP contribution in [0.4, 0.5) is 0 Å². The Bertz CT molecular complexity index is 715. The predicted octanol–water partition coefficient (Wildman–Crippen LogP) is -0.883. The summed E-state index contributed by atoms with van der Waals surface area (Å²) in [5, 5.41) is 2.45. The molecule has 1 amide bonds. The number of nitrogens with one attached hydrogen (secondary N) is 2. The average Bonchev–Trinajstić information content (AvgIpc) is 2.45. The van der Waals surface area contributed by atoms with Gasteiger partial charge in [-0.25, -0.2) is 10.5 Å². The van der Waals surface area contributed by atoms with E-state index in [0.29, 0.717) is 0 Å². The normalized spacial score (nSPS) is 10.2. The molecular weight excluding hydrogens is 260 g/mol. The summed E-state index contributed by atoms with van der Waals surface area (Å²) in [6.07, 6.45) is 0.193. The van der Waals surface area contributed by atoms with Crippen molar-refractivity contribution in [1.29, 1.82) is 0 Å². The molecule has 7 heteroatoms. The van der Waals surface area contributed by atoms with Crippen molar-refractivity contribution in [2.75, 3.05) is 0 Å². The summed E-state index contributed by atoms with van der Waals surface area (Å²) in [7, 11) is 0. The van der Waals surface area contributed by atoms with E-state index in [1.54, 1.807) is 24.3 Å². The maximum atomic E-state index is 11.6. The molecule has 4 N–H and O–H groups in total. The van der Waals surface area contributed by atoms with Gasteiger partial charge in [0.25, 0.3) is 11.1 Å². The van der Waals surface area contributed by atoms with Crippen molar-refractivity contribution in [2.24, 2.45) is 5.84 Å². The molecule has 0 aliphatic heterocycles. The molecule has 104 valence electrons. The molecule has 0 aliphatic rings. The molecular formula is C13H14N4O3. The molecule has 0 radical (unpaired) electrons. The van der Waals surface area contributed by atoms with Gasteiger partial charge in [0.1, 0.15) is 0 Å². The van der Waals surface area contributed by atoms with Crippen LogP contribution in [0.15, 0.2) is 46.0 Å². The fourth-order valence-electron chi connectivity index (χ4n) is 1.76. The van der Waals surface area contributed by atoms with Crippen molar-refractivity contribution < 1.29 is 4.79 Å². The van der Waals surface area contributed by atoms with Gasteiger partial charge in [-0.3, -0.25) is 24.9 Å². The van der Waals surface area contributed by atoms with E-state index in [2.05, 4.69) is 10.5 Å². The van der Waals surface area contributed by atoms with Gasteiger partial charge in [0, 0.05) is 12.1 Å². The number of carbonyl (C=O) groups is 1. The number of H-pyrrole nitrogens is 1. The lowest BCUT2D eigenvalue weighted by atomic mass is 10.1. The fourth-order valence-corrected chi connectivity index (χ4v) is 1.76. The fraction of sp³-hybridized carbons (Fsp3) is 0.154. The minimum Gasteiger partial charge on any atom is -0.294 e. The van der Waals surface area contributed by atoms with Crippen molar-refractivity contribution in [3.05, 3.63) is 68.2 Å². The number of hydrazine groups is 1. The van der Waals surface area contributed by atoms with Gasteiger partial charge in [0.15, 0.2) is 0 Å². The number of nitrogens with zero attached hydrogens (tertiary/aromatic N) is 1. The van der Waals surface area contributed by atoms with Crippen molar-refractivity contribution in [2.45, 2.75) is 13.0 Å². The number of hydrogen-bond donors (Lipinski definition) is 3. The molecule has 0 bridgehead atoms. The van der Waals surface area contributed by atoms with E-state index in [9.17, 15) is 14.4 Å². The monoisotopic (exact) mass is 274 g/mol. The van der Waals surface area contributed by atoms with Gasteiger partial charge < -0.3 is 0 Å². The summed E-state index contributed by atoms with van der Waals surface area (Å²) >= 11 is 0. The van der Waals surface area contributed by atoms with Crippen molar-refractivity contribution in [3.63, 3.8) is 0 Å². The van der Waals surface area contributed by atoms with Crippen LogP contribution in [-0.2, 0) is 17.8 Å². The first kappa shape index (κ1) is 13.8. The Balaban J connectivity index is 2.14. The highest BCUT2D eigenvalue weighted by Gasteiger charge is 2.02. The number of amides is 1. The second-order valence-corrected chi connectivity index (χ2v) is 4.29. The lowest BCUT2D eigenvalue weighted by molar-refractivity contribution is -0.120. The molecule has 7 nitrogen and oxygen atoms in total. The van der Waals surface area contributed by atoms with Crippen LogP contribution in [-0.4, -0.2) is 15.7 Å². The van der Waals surface area contributed by atoms with Gasteiger partial charge in [0.2, 0.25) is 5.91 Å². The van der Waals surface area contributed by atoms with Gasteiger partial charge in [0.05, 0.1) is 13.0 Å². The van der Waals surface area contributed by atoms with Gasteiger partial charge in [-0.15, -0.1) is 0 Å². The van der Waals surface area contributed by atoms with Crippen molar-refractivity contribution in [3.8, 4) is 0 Å². The SMILES string of the molecule is NNC(=O)Cc1ccc(Cn2[nH]c(=O)ccc2=O)cc1. The molecule has 0 atom stereocenters. The molecule has 1 heterocycles. The first-order chi connectivity index (χ1) is 9.58. The number of hydrogen-bond acceptors (Lipinski definition) is 4. The highest BCUT2D eigenvalue weighted by molar-refractivity contribution is 5.77. The van der Waals surface area contributed by atoms with Crippen LogP contribution in [0.3, 0.4) is 0 Å². The minimum absolute atomic E-state index is 0.193. The Hall–Kier alpha value is -2.67. The molecule has 1 aromatic heterocycles. The number of aromatic amines is 1. The van der Waals surface area contributed by atoms with Crippen molar-refractivity contribution in [1.82, 2.24) is 15.2 Å². The van der Waals surface area contributed by atoms with E-state index in [1.165, 1.54) is 16.8 Å². The lowest BCUT2D eigenvalue weighted by Gasteiger charge is -2.06. The first-order valence-corrected chi connectivity index (χ1v) is 5.96. The molecule has 0 saturated heterocycles. The summed E-state index contributed by atoms with van der Waals surface area (Å²) < 4.78 is 1.23. The third kappa shape index (κ3) is 3.42. The largest absolute Gasteiger partial charge is 0.294 e. The number of benzene rings is 1. The number of carbonyl (C=O) groups excluding carboxylic acids is 1. The molecule has 1 aromatic carbocycles. The molecule has 20 heavy (non-hydrogen) atoms. The van der Waals surface area contributed by atoms with Gasteiger partial charge in [-0.05, 0) is 11.1 Å². The van der Waals surface area contributed by atoms with Crippen LogP contribution in [0.25, 0.3) is 0 Å². The third-order valence-corrected chi connectivity index (χ3v) is 2.78. The Morgan fingerprint density at radius 3 is 2.40 bits per heavy atom. The lowest BCUT2D eigenvalue weighted by Crippen LogP contribution is -2.31. The zero-order valence-electron chi connectivity index (χ0n) is 10.6. The number of nitrogens with two attached hydrogens (primary N) is 1. The third-order valence-electron chi connectivity index (χ3n) is 2.78. The Labute approximate surface area is 114 Å². The van der Waals surface area contributed by atoms with Crippen LogP contribution < -0.4 is 22.4 Å². The predicted molar refractivity (Wildman–Crippen MR) is 72.9 cm³/mol. The van der Waals surface area contributed by atoms with Crippen LogP contribution in [0.5, 0.6) is 0 Å². The smallest absolute Gasteiger partial charge is 0.265 e. The maximum Gasteiger partial charge on any atom is 0.265 e. The van der Waals surface area contributed by atoms with Crippen LogP contribution in [0, 0.1) is 0 Å². The summed E-state index contributed by atoms with van der Waals surface area (Å²) in [6.45, 7) is 0.262. The van der Waals surface area contributed by atoms with Gasteiger partial charge in [-0.1, -0.05) is 24.3 Å². The van der Waals surface area contributed by atoms with E-state index in [1.807, 2.05) is 0 Å². The van der Waals surface area contributed by atoms with E-state index in [-0.39, 0.29) is 30.0 Å². The molecule has 0 saturated carbocycles. The van der Waals surface area contributed by atoms with E-state index in [4.69, 9.17) is 5.84 Å². The van der Waals surface area contributed by atoms with Crippen LogP contribution in [0.2, 0.25) is 0 Å². The average molecular weight is 274 g/mol. The van der Waals surface area contributed by atoms with Crippen LogP contribution in [0.1, 0.15) is 11.1 Å². The molecule has 0 spiro atoms. The second kappa shape index (κ2) is 5.98. The Morgan fingerprint density at radius 2 is 1.75 bits per heavy atom. The molecule has 0 fully saturated rings. The van der Waals surface area contributed by atoms with E-state index < -0.39 is 0 Å². The van der Waals surface area contributed by atoms with E-state index >= 15 is 0 Å². The second-order valence-electron chi connectivity index (χ2n) is 4.29. The minimum atomic E-state index is -0.333. The zero-order chi connectivity index (χ0) is 14.5.